The quantitative estimate of drug-likeness (QED) is 0.383. The normalized spacial score (nSPS) is 13.0. The molecule has 64 valence electrons. The van der Waals surface area contributed by atoms with Crippen LogP contribution in [-0.2, 0) is 4.84 Å². The highest BCUT2D eigenvalue weighted by atomic mass is 16.7. The first-order chi connectivity index (χ1) is 5.20. The fraction of sp³-hybridized carbons (Fsp3) is 0.714. The second-order valence-corrected chi connectivity index (χ2v) is 2.27. The van der Waals surface area contributed by atoms with Gasteiger partial charge in [0.1, 0.15) is 0 Å². The summed E-state index contributed by atoms with van der Waals surface area (Å²) in [7, 11) is 1.49. The molecule has 0 rings (SSSR count). The molecule has 1 unspecified atom stereocenters. The Morgan fingerprint density at radius 1 is 1.82 bits per heavy atom. The fourth-order valence-corrected chi connectivity index (χ4v) is 0.333. The summed E-state index contributed by atoms with van der Waals surface area (Å²) in [5.74, 6) is 0.347. The molecule has 0 saturated carbocycles. The second kappa shape index (κ2) is 5.70. The lowest BCUT2D eigenvalue weighted by atomic mass is 10.1. The molecule has 0 saturated heterocycles. The topological polar surface area (TPSA) is 50.7 Å². The van der Waals surface area contributed by atoms with E-state index in [4.69, 9.17) is 0 Å². The van der Waals surface area contributed by atoms with E-state index in [9.17, 15) is 4.79 Å². The maximum atomic E-state index is 10.4. The van der Waals surface area contributed by atoms with Crippen LogP contribution in [0.2, 0.25) is 0 Å². The maximum absolute atomic E-state index is 10.4. The molecule has 0 heterocycles. The highest BCUT2D eigenvalue weighted by Crippen LogP contribution is 1.95. The van der Waals surface area contributed by atoms with Gasteiger partial charge in [-0.25, -0.2) is 4.79 Å². The average molecular weight is 158 g/mol. The van der Waals surface area contributed by atoms with Crippen LogP contribution in [0.5, 0.6) is 0 Å². The van der Waals surface area contributed by atoms with E-state index < -0.39 is 6.09 Å². The number of nitrogens with zero attached hydrogens (tertiary/aromatic N) is 1. The van der Waals surface area contributed by atoms with E-state index in [2.05, 4.69) is 15.3 Å². The van der Waals surface area contributed by atoms with Gasteiger partial charge in [0.2, 0.25) is 0 Å². The lowest BCUT2D eigenvalue weighted by Gasteiger charge is -1.97. The number of nitrogens with one attached hydrogen (secondary N) is 1. The Labute approximate surface area is 66.6 Å². The van der Waals surface area contributed by atoms with Gasteiger partial charge < -0.3 is 5.32 Å². The molecule has 0 aliphatic carbocycles. The lowest BCUT2D eigenvalue weighted by Crippen LogP contribution is -2.16. The van der Waals surface area contributed by atoms with Crippen molar-refractivity contribution in [3.8, 4) is 0 Å². The van der Waals surface area contributed by atoms with Crippen LogP contribution in [0.3, 0.4) is 0 Å². The molecule has 0 bridgehead atoms. The molecule has 1 atom stereocenters. The number of carbonyl (C=O) groups excluding carboxylic acids is 1. The van der Waals surface area contributed by atoms with Crippen LogP contribution >= 0.6 is 0 Å². The number of amides is 1. The summed E-state index contributed by atoms with van der Waals surface area (Å²) in [5.41, 5.74) is 0. The third-order valence-corrected chi connectivity index (χ3v) is 1.30. The molecule has 0 aromatic rings. The summed E-state index contributed by atoms with van der Waals surface area (Å²) >= 11 is 0. The molecular weight excluding hydrogens is 144 g/mol. The zero-order valence-electron chi connectivity index (χ0n) is 7.13. The van der Waals surface area contributed by atoms with Crippen LogP contribution in [-0.4, -0.2) is 19.4 Å². The lowest BCUT2D eigenvalue weighted by molar-refractivity contribution is 0.153. The first-order valence-electron chi connectivity index (χ1n) is 3.63. The first-order valence-corrected chi connectivity index (χ1v) is 3.63. The Balaban J connectivity index is 3.51. The van der Waals surface area contributed by atoms with Crippen LogP contribution in [0.1, 0.15) is 20.3 Å². The number of hydrogen-bond donors (Lipinski definition) is 1. The van der Waals surface area contributed by atoms with Crippen molar-refractivity contribution < 1.29 is 9.63 Å². The monoisotopic (exact) mass is 158 g/mol. The van der Waals surface area contributed by atoms with E-state index in [0.717, 1.165) is 6.42 Å². The maximum Gasteiger partial charge on any atom is 0.433 e. The zero-order valence-corrected chi connectivity index (χ0v) is 7.13. The van der Waals surface area contributed by atoms with Gasteiger partial charge in [0.05, 0.1) is 0 Å². The summed E-state index contributed by atoms with van der Waals surface area (Å²) in [6.07, 6.45) is 2.06. The minimum atomic E-state index is -0.537. The van der Waals surface area contributed by atoms with Crippen molar-refractivity contribution in [3.63, 3.8) is 0 Å². The highest BCUT2D eigenvalue weighted by molar-refractivity contribution is 5.68. The van der Waals surface area contributed by atoms with Crippen molar-refractivity contribution in [1.82, 2.24) is 5.32 Å². The van der Waals surface area contributed by atoms with Gasteiger partial charge in [-0.1, -0.05) is 19.0 Å². The van der Waals surface area contributed by atoms with Crippen molar-refractivity contribution in [3.05, 3.63) is 0 Å². The predicted molar refractivity (Wildman–Crippen MR) is 43.5 cm³/mol. The van der Waals surface area contributed by atoms with Gasteiger partial charge in [0, 0.05) is 13.3 Å². The number of rotatable bonds is 3. The summed E-state index contributed by atoms with van der Waals surface area (Å²) < 4.78 is 0. The molecule has 0 fully saturated rings. The Morgan fingerprint density at radius 2 is 2.45 bits per heavy atom. The average Bonchev–Trinajstić information content (AvgIpc) is 2.04. The number of oxime groups is 1. The van der Waals surface area contributed by atoms with Gasteiger partial charge in [-0.3, -0.25) is 4.84 Å². The Kier molecular flexibility index (Phi) is 5.15. The molecule has 0 radical (unpaired) electrons. The zero-order chi connectivity index (χ0) is 8.69. The smallest absolute Gasteiger partial charge is 0.323 e. The van der Waals surface area contributed by atoms with E-state index in [0.29, 0.717) is 5.92 Å². The molecule has 0 aromatic heterocycles. The molecule has 0 aliphatic heterocycles. The van der Waals surface area contributed by atoms with E-state index in [1.165, 1.54) is 7.05 Å². The third kappa shape index (κ3) is 5.39. The van der Waals surface area contributed by atoms with Crippen LogP contribution < -0.4 is 5.32 Å². The Bertz CT molecular complexity index is 145. The van der Waals surface area contributed by atoms with Crippen molar-refractivity contribution >= 4 is 12.3 Å². The van der Waals surface area contributed by atoms with Crippen LogP contribution in [0.25, 0.3) is 0 Å². The fourth-order valence-electron chi connectivity index (χ4n) is 0.333. The van der Waals surface area contributed by atoms with Crippen LogP contribution in [0, 0.1) is 5.92 Å². The highest BCUT2D eigenvalue weighted by Gasteiger charge is 1.95. The van der Waals surface area contributed by atoms with Crippen molar-refractivity contribution in [2.24, 2.45) is 11.1 Å². The summed E-state index contributed by atoms with van der Waals surface area (Å²) in [5, 5.41) is 5.76. The largest absolute Gasteiger partial charge is 0.433 e. The van der Waals surface area contributed by atoms with Gasteiger partial charge in [0.25, 0.3) is 0 Å². The van der Waals surface area contributed by atoms with Crippen LogP contribution in [0.15, 0.2) is 5.16 Å². The molecule has 0 aliphatic rings. The van der Waals surface area contributed by atoms with Crippen molar-refractivity contribution in [1.29, 1.82) is 0 Å². The van der Waals surface area contributed by atoms with E-state index in [1.807, 2.05) is 13.8 Å². The minimum Gasteiger partial charge on any atom is -0.323 e. The van der Waals surface area contributed by atoms with Gasteiger partial charge in [0.15, 0.2) is 0 Å². The van der Waals surface area contributed by atoms with Gasteiger partial charge >= 0.3 is 6.09 Å². The molecule has 4 nitrogen and oxygen atoms in total. The molecule has 0 aromatic carbocycles. The van der Waals surface area contributed by atoms with E-state index in [-0.39, 0.29) is 0 Å². The third-order valence-electron chi connectivity index (χ3n) is 1.30. The minimum absolute atomic E-state index is 0.347. The predicted octanol–water partition coefficient (Wildman–Crippen LogP) is 1.37. The number of carbonyl (C=O) groups is 1. The molecule has 1 amide bonds. The van der Waals surface area contributed by atoms with Crippen molar-refractivity contribution in [2.45, 2.75) is 20.3 Å². The molecule has 4 heteroatoms. The first kappa shape index (κ1) is 9.94. The van der Waals surface area contributed by atoms with Gasteiger partial charge in [-0.05, 0) is 12.3 Å². The van der Waals surface area contributed by atoms with Crippen LogP contribution in [0.4, 0.5) is 4.79 Å². The van der Waals surface area contributed by atoms with E-state index in [1.54, 1.807) is 6.21 Å². The summed E-state index contributed by atoms with van der Waals surface area (Å²) in [6, 6.07) is 0. The molecule has 1 N–H and O–H groups in total. The SMILES string of the molecule is CCC(C)/C=N/OC(=O)NC. The molecular formula is C7H14N2O2. The van der Waals surface area contributed by atoms with Crippen molar-refractivity contribution in [2.75, 3.05) is 7.05 Å². The molecule has 0 spiro atoms. The van der Waals surface area contributed by atoms with E-state index >= 15 is 0 Å². The number of hydrogen-bond acceptors (Lipinski definition) is 3. The Hall–Kier alpha value is -1.06. The second-order valence-electron chi connectivity index (χ2n) is 2.27. The van der Waals surface area contributed by atoms with Gasteiger partial charge in [-0.2, -0.15) is 0 Å². The molecule has 11 heavy (non-hydrogen) atoms. The van der Waals surface area contributed by atoms with Gasteiger partial charge in [-0.15, -0.1) is 0 Å². The Morgan fingerprint density at radius 3 is 2.91 bits per heavy atom. The summed E-state index contributed by atoms with van der Waals surface area (Å²) in [4.78, 5) is 14.8. The standard InChI is InChI=1S/C7H14N2O2/c1-4-6(2)5-9-11-7(10)8-3/h5-6H,4H2,1-3H3,(H,8,10)/b9-5+. The summed E-state index contributed by atoms with van der Waals surface area (Å²) in [6.45, 7) is 4.04.